The van der Waals surface area contributed by atoms with Gasteiger partial charge in [-0.05, 0) is 11.6 Å². The number of rotatable bonds is 12. The number of ether oxygens (including phenoxy) is 6. The SMILES string of the molecule is COCOc1cc(OCOC)c(C(=O)C=Cc2ccccc2)c(OCOC)c1. The van der Waals surface area contributed by atoms with E-state index in [1.807, 2.05) is 30.3 Å². The van der Waals surface area contributed by atoms with Crippen LogP contribution in [0.25, 0.3) is 6.08 Å². The number of hydrogen-bond acceptors (Lipinski definition) is 7. The Balaban J connectivity index is 2.40. The smallest absolute Gasteiger partial charge is 0.193 e. The van der Waals surface area contributed by atoms with Crippen molar-refractivity contribution in [2.24, 2.45) is 0 Å². The average molecular weight is 388 g/mol. The van der Waals surface area contributed by atoms with Gasteiger partial charge in [-0.25, -0.2) is 0 Å². The summed E-state index contributed by atoms with van der Waals surface area (Å²) >= 11 is 0. The molecule has 7 heteroatoms. The van der Waals surface area contributed by atoms with Crippen LogP contribution in [0, 0.1) is 0 Å². The minimum atomic E-state index is -0.292. The van der Waals surface area contributed by atoms with Gasteiger partial charge in [-0.15, -0.1) is 0 Å². The number of benzene rings is 2. The zero-order valence-corrected chi connectivity index (χ0v) is 16.2. The molecule has 2 rings (SSSR count). The molecule has 0 aromatic heterocycles. The van der Waals surface area contributed by atoms with Gasteiger partial charge in [-0.3, -0.25) is 4.79 Å². The van der Waals surface area contributed by atoms with E-state index in [0.717, 1.165) is 5.56 Å². The van der Waals surface area contributed by atoms with E-state index >= 15 is 0 Å². The van der Waals surface area contributed by atoms with Gasteiger partial charge < -0.3 is 28.4 Å². The van der Waals surface area contributed by atoms with Crippen LogP contribution in [0.2, 0.25) is 0 Å². The minimum absolute atomic E-state index is 0.0363. The number of hydrogen-bond donors (Lipinski definition) is 0. The van der Waals surface area contributed by atoms with Crippen molar-refractivity contribution in [2.45, 2.75) is 0 Å². The molecule has 0 saturated carbocycles. The van der Waals surface area contributed by atoms with E-state index < -0.39 is 0 Å². The predicted molar refractivity (Wildman–Crippen MR) is 104 cm³/mol. The topological polar surface area (TPSA) is 72.5 Å². The van der Waals surface area contributed by atoms with E-state index in [2.05, 4.69) is 0 Å². The molecule has 0 unspecified atom stereocenters. The van der Waals surface area contributed by atoms with Gasteiger partial charge in [-0.2, -0.15) is 0 Å². The maximum absolute atomic E-state index is 12.9. The van der Waals surface area contributed by atoms with E-state index in [9.17, 15) is 4.79 Å². The Morgan fingerprint density at radius 3 is 1.89 bits per heavy atom. The summed E-state index contributed by atoms with van der Waals surface area (Å²) in [5.74, 6) is 0.663. The van der Waals surface area contributed by atoms with Gasteiger partial charge in [0.05, 0.1) is 0 Å². The maximum Gasteiger partial charge on any atom is 0.193 e. The summed E-state index contributed by atoms with van der Waals surface area (Å²) in [6.45, 7) is -0.0467. The Morgan fingerprint density at radius 1 is 0.821 bits per heavy atom. The second-order valence-electron chi connectivity index (χ2n) is 5.56. The lowest BCUT2D eigenvalue weighted by atomic mass is 10.1. The van der Waals surface area contributed by atoms with Crippen LogP contribution in [0.3, 0.4) is 0 Å². The molecule has 0 aliphatic carbocycles. The van der Waals surface area contributed by atoms with Crippen molar-refractivity contribution in [2.75, 3.05) is 41.7 Å². The molecule has 0 saturated heterocycles. The number of ketones is 1. The second kappa shape index (κ2) is 11.8. The highest BCUT2D eigenvalue weighted by Gasteiger charge is 2.20. The third kappa shape index (κ3) is 6.38. The molecule has 28 heavy (non-hydrogen) atoms. The summed E-state index contributed by atoms with van der Waals surface area (Å²) in [4.78, 5) is 12.9. The number of allylic oxidation sites excluding steroid dienone is 1. The molecule has 0 atom stereocenters. The fourth-order valence-electron chi connectivity index (χ4n) is 2.31. The van der Waals surface area contributed by atoms with Gasteiger partial charge in [0.15, 0.2) is 26.2 Å². The Hall–Kier alpha value is -2.87. The third-order valence-electron chi connectivity index (χ3n) is 3.52. The molecule has 0 aliphatic rings. The molecule has 0 fully saturated rings. The molecule has 0 amide bonds. The summed E-state index contributed by atoms with van der Waals surface area (Å²) in [7, 11) is 4.49. The normalized spacial score (nSPS) is 10.8. The van der Waals surface area contributed by atoms with Crippen LogP contribution < -0.4 is 14.2 Å². The second-order valence-corrected chi connectivity index (χ2v) is 5.56. The van der Waals surface area contributed by atoms with Crippen molar-refractivity contribution >= 4 is 11.9 Å². The molecule has 0 N–H and O–H groups in total. The van der Waals surface area contributed by atoms with Gasteiger partial charge in [0.1, 0.15) is 22.8 Å². The van der Waals surface area contributed by atoms with Crippen molar-refractivity contribution in [3.8, 4) is 17.2 Å². The van der Waals surface area contributed by atoms with Gasteiger partial charge >= 0.3 is 0 Å². The predicted octanol–water partition coefficient (Wildman–Crippen LogP) is 3.53. The lowest BCUT2D eigenvalue weighted by molar-refractivity contribution is 0.0400. The highest BCUT2D eigenvalue weighted by Crippen LogP contribution is 2.35. The first-order valence-corrected chi connectivity index (χ1v) is 8.50. The van der Waals surface area contributed by atoms with Gasteiger partial charge in [0.2, 0.25) is 0 Å². The van der Waals surface area contributed by atoms with Crippen LogP contribution in [0.5, 0.6) is 17.2 Å². The first-order chi connectivity index (χ1) is 13.7. The van der Waals surface area contributed by atoms with E-state index in [1.54, 1.807) is 18.2 Å². The molecule has 0 spiro atoms. The number of carbonyl (C=O) groups excluding carboxylic acids is 1. The number of carbonyl (C=O) groups is 1. The Labute approximate surface area is 164 Å². The van der Waals surface area contributed by atoms with Crippen molar-refractivity contribution in [1.82, 2.24) is 0 Å². The largest absolute Gasteiger partial charge is 0.467 e. The van der Waals surface area contributed by atoms with E-state index in [-0.39, 0.29) is 43.2 Å². The summed E-state index contributed by atoms with van der Waals surface area (Å²) in [5.41, 5.74) is 1.14. The fraction of sp³-hybridized carbons (Fsp3) is 0.286. The standard InChI is InChI=1S/C21H24O7/c1-23-13-26-17-11-19(27-14-24-2)21(20(12-17)28-15-25-3)18(22)10-9-16-7-5-4-6-8-16/h4-12H,13-15H2,1-3H3. The quantitative estimate of drug-likeness (QED) is 0.313. The molecule has 150 valence electrons. The minimum Gasteiger partial charge on any atom is -0.467 e. The Morgan fingerprint density at radius 2 is 1.36 bits per heavy atom. The molecule has 2 aromatic carbocycles. The van der Waals surface area contributed by atoms with Crippen molar-refractivity contribution in [1.29, 1.82) is 0 Å². The van der Waals surface area contributed by atoms with Crippen LogP contribution in [0.1, 0.15) is 15.9 Å². The fourth-order valence-corrected chi connectivity index (χ4v) is 2.31. The van der Waals surface area contributed by atoms with Crippen molar-refractivity contribution in [3.05, 3.63) is 59.7 Å². The molecular weight excluding hydrogens is 364 g/mol. The van der Waals surface area contributed by atoms with Crippen LogP contribution >= 0.6 is 0 Å². The first-order valence-electron chi connectivity index (χ1n) is 8.50. The van der Waals surface area contributed by atoms with Crippen LogP contribution in [0.4, 0.5) is 0 Å². The zero-order chi connectivity index (χ0) is 20.2. The van der Waals surface area contributed by atoms with Crippen LogP contribution in [-0.2, 0) is 14.2 Å². The molecule has 0 radical (unpaired) electrons. The lowest BCUT2D eigenvalue weighted by Crippen LogP contribution is -2.10. The van der Waals surface area contributed by atoms with Crippen LogP contribution in [-0.4, -0.2) is 47.5 Å². The molecular formula is C21H24O7. The number of methoxy groups -OCH3 is 3. The van der Waals surface area contributed by atoms with E-state index in [0.29, 0.717) is 5.75 Å². The van der Waals surface area contributed by atoms with Gasteiger partial charge in [0.25, 0.3) is 0 Å². The monoisotopic (exact) mass is 388 g/mol. The van der Waals surface area contributed by atoms with Crippen molar-refractivity contribution in [3.63, 3.8) is 0 Å². The average Bonchev–Trinajstić information content (AvgIpc) is 2.73. The summed E-state index contributed by atoms with van der Waals surface area (Å²) in [5, 5.41) is 0. The van der Waals surface area contributed by atoms with Crippen LogP contribution in [0.15, 0.2) is 48.5 Å². The Bertz CT molecular complexity index is 743. The summed E-state index contributed by atoms with van der Waals surface area (Å²) in [6.07, 6.45) is 3.18. The van der Waals surface area contributed by atoms with Gasteiger partial charge in [-0.1, -0.05) is 36.4 Å². The molecule has 0 bridgehead atoms. The van der Waals surface area contributed by atoms with E-state index in [1.165, 1.54) is 27.4 Å². The molecule has 7 nitrogen and oxygen atoms in total. The molecule has 0 aliphatic heterocycles. The molecule has 2 aromatic rings. The maximum atomic E-state index is 12.9. The van der Waals surface area contributed by atoms with Gasteiger partial charge in [0, 0.05) is 33.5 Å². The highest BCUT2D eigenvalue weighted by molar-refractivity contribution is 6.10. The highest BCUT2D eigenvalue weighted by atomic mass is 16.7. The summed E-state index contributed by atoms with van der Waals surface area (Å²) in [6, 6.07) is 12.7. The first kappa shape index (κ1) is 21.4. The Kier molecular flexibility index (Phi) is 9.00. The lowest BCUT2D eigenvalue weighted by Gasteiger charge is -2.16. The van der Waals surface area contributed by atoms with Crippen molar-refractivity contribution < 1.29 is 33.2 Å². The van der Waals surface area contributed by atoms with E-state index in [4.69, 9.17) is 28.4 Å². The zero-order valence-electron chi connectivity index (χ0n) is 16.2. The third-order valence-corrected chi connectivity index (χ3v) is 3.52. The molecule has 0 heterocycles. The summed E-state index contributed by atoms with van der Waals surface area (Å²) < 4.78 is 31.5.